The van der Waals surface area contributed by atoms with Crippen molar-refractivity contribution in [1.29, 1.82) is 0 Å². The number of nitrogens with zero attached hydrogens (tertiary/aromatic N) is 4. The molecule has 0 radical (unpaired) electrons. The number of rotatable bonds is 6. The van der Waals surface area contributed by atoms with Gasteiger partial charge < -0.3 is 10.6 Å². The number of guanidine groups is 1. The van der Waals surface area contributed by atoms with E-state index < -0.39 is 0 Å². The second kappa shape index (κ2) is 10.9. The van der Waals surface area contributed by atoms with Crippen LogP contribution in [0.2, 0.25) is 5.02 Å². The Hall–Kier alpha value is -2.13. The maximum absolute atomic E-state index is 6.20. The predicted octanol–water partition coefficient (Wildman–Crippen LogP) is 3.79. The average Bonchev–Trinajstić information content (AvgIpc) is 3.14. The van der Waals surface area contributed by atoms with Gasteiger partial charge in [-0.3, -0.25) is 4.57 Å². The number of aromatic nitrogens is 3. The molecule has 0 aliphatic heterocycles. The van der Waals surface area contributed by atoms with E-state index in [4.69, 9.17) is 11.6 Å². The molecule has 0 saturated heterocycles. The van der Waals surface area contributed by atoms with E-state index in [1.807, 2.05) is 66.1 Å². The van der Waals surface area contributed by atoms with E-state index in [0.29, 0.717) is 19.0 Å². The van der Waals surface area contributed by atoms with Crippen LogP contribution in [0.25, 0.3) is 5.69 Å². The zero-order valence-corrected chi connectivity index (χ0v) is 18.1. The molecule has 0 saturated carbocycles. The Morgan fingerprint density at radius 2 is 1.81 bits per heavy atom. The fourth-order valence-corrected chi connectivity index (χ4v) is 2.67. The van der Waals surface area contributed by atoms with Crippen molar-refractivity contribution < 1.29 is 0 Å². The third-order valence-electron chi connectivity index (χ3n) is 3.78. The zero-order chi connectivity index (χ0) is 18.2. The lowest BCUT2D eigenvalue weighted by Crippen LogP contribution is -2.37. The Bertz CT molecular complexity index is 865. The first-order valence-electron chi connectivity index (χ1n) is 8.48. The smallest absolute Gasteiger partial charge is 0.191 e. The maximum atomic E-state index is 6.20. The van der Waals surface area contributed by atoms with Crippen LogP contribution in [0.4, 0.5) is 0 Å². The largest absolute Gasteiger partial charge is 0.357 e. The van der Waals surface area contributed by atoms with Gasteiger partial charge in [-0.2, -0.15) is 0 Å². The van der Waals surface area contributed by atoms with Crippen molar-refractivity contribution in [2.24, 2.45) is 4.99 Å². The molecule has 0 fully saturated rings. The van der Waals surface area contributed by atoms with Gasteiger partial charge in [0.05, 0.1) is 13.1 Å². The third kappa shape index (κ3) is 5.93. The highest BCUT2D eigenvalue weighted by Crippen LogP contribution is 2.15. The summed E-state index contributed by atoms with van der Waals surface area (Å²) >= 11 is 6.20. The molecule has 3 aromatic rings. The van der Waals surface area contributed by atoms with E-state index in [-0.39, 0.29) is 24.0 Å². The summed E-state index contributed by atoms with van der Waals surface area (Å²) in [4.78, 5) is 4.60. The minimum atomic E-state index is 0. The van der Waals surface area contributed by atoms with Crippen molar-refractivity contribution in [3.63, 3.8) is 0 Å². The van der Waals surface area contributed by atoms with Gasteiger partial charge in [0.25, 0.3) is 0 Å². The zero-order valence-electron chi connectivity index (χ0n) is 15.0. The van der Waals surface area contributed by atoms with Gasteiger partial charge >= 0.3 is 0 Å². The maximum Gasteiger partial charge on any atom is 0.191 e. The van der Waals surface area contributed by atoms with Gasteiger partial charge in [-0.15, -0.1) is 34.2 Å². The molecule has 0 amide bonds. The fraction of sp³-hybridized carbons (Fsp3) is 0.211. The topological polar surface area (TPSA) is 67.1 Å². The van der Waals surface area contributed by atoms with E-state index in [9.17, 15) is 0 Å². The minimum Gasteiger partial charge on any atom is -0.357 e. The summed E-state index contributed by atoms with van der Waals surface area (Å²) in [6, 6.07) is 17.7. The normalized spacial score (nSPS) is 11.0. The van der Waals surface area contributed by atoms with E-state index in [0.717, 1.165) is 28.6 Å². The lowest BCUT2D eigenvalue weighted by Gasteiger charge is -2.12. The van der Waals surface area contributed by atoms with Crippen LogP contribution in [-0.4, -0.2) is 27.3 Å². The van der Waals surface area contributed by atoms with Gasteiger partial charge in [0.15, 0.2) is 11.8 Å². The molecule has 0 bridgehead atoms. The number of aliphatic imine (C=N–C) groups is 1. The molecular formula is C19H22ClIN6. The van der Waals surface area contributed by atoms with Crippen molar-refractivity contribution >= 4 is 41.5 Å². The molecule has 0 aliphatic rings. The van der Waals surface area contributed by atoms with Crippen LogP contribution in [0.3, 0.4) is 0 Å². The fourth-order valence-electron chi connectivity index (χ4n) is 2.48. The Morgan fingerprint density at radius 1 is 1.07 bits per heavy atom. The van der Waals surface area contributed by atoms with E-state index in [2.05, 4.69) is 25.8 Å². The van der Waals surface area contributed by atoms with Gasteiger partial charge in [0.2, 0.25) is 0 Å². The van der Waals surface area contributed by atoms with Crippen LogP contribution in [0.1, 0.15) is 18.3 Å². The number of nitrogens with one attached hydrogen (secondary N) is 2. The summed E-state index contributed by atoms with van der Waals surface area (Å²) in [6.07, 6.45) is 1.71. The van der Waals surface area contributed by atoms with Crippen molar-refractivity contribution in [2.45, 2.75) is 20.0 Å². The standard InChI is InChI=1S/C19H21ClN6.HI/c1-2-21-19(22-12-15-8-6-7-11-17(15)20)23-13-18-25-24-14-26(18)16-9-4-3-5-10-16;/h3-11,14H,2,12-13H2,1H3,(H2,21,22,23);1H. The highest BCUT2D eigenvalue weighted by Gasteiger charge is 2.07. The van der Waals surface area contributed by atoms with E-state index in [1.165, 1.54) is 0 Å². The van der Waals surface area contributed by atoms with Crippen LogP contribution in [0.5, 0.6) is 0 Å². The molecule has 142 valence electrons. The lowest BCUT2D eigenvalue weighted by atomic mass is 10.2. The second-order valence-corrected chi connectivity index (χ2v) is 6.00. The summed E-state index contributed by atoms with van der Waals surface area (Å²) in [6.45, 7) is 3.79. The van der Waals surface area contributed by atoms with Crippen molar-refractivity contribution in [3.05, 3.63) is 77.3 Å². The van der Waals surface area contributed by atoms with Crippen LogP contribution in [-0.2, 0) is 13.1 Å². The summed E-state index contributed by atoms with van der Waals surface area (Å²) in [5.41, 5.74) is 2.01. The predicted molar refractivity (Wildman–Crippen MR) is 120 cm³/mol. The highest BCUT2D eigenvalue weighted by atomic mass is 127. The van der Waals surface area contributed by atoms with Crippen molar-refractivity contribution in [3.8, 4) is 5.69 Å². The quantitative estimate of drug-likeness (QED) is 0.310. The van der Waals surface area contributed by atoms with Gasteiger partial charge in [-0.05, 0) is 30.7 Å². The molecule has 2 N–H and O–H groups in total. The van der Waals surface area contributed by atoms with Gasteiger partial charge in [-0.1, -0.05) is 48.0 Å². The van der Waals surface area contributed by atoms with Crippen LogP contribution < -0.4 is 10.6 Å². The van der Waals surface area contributed by atoms with Crippen molar-refractivity contribution in [2.75, 3.05) is 6.54 Å². The molecule has 0 unspecified atom stereocenters. The molecule has 2 aromatic carbocycles. The molecule has 0 spiro atoms. The van der Waals surface area contributed by atoms with Gasteiger partial charge in [0, 0.05) is 17.3 Å². The van der Waals surface area contributed by atoms with Gasteiger partial charge in [-0.25, -0.2) is 4.99 Å². The first-order valence-corrected chi connectivity index (χ1v) is 8.85. The van der Waals surface area contributed by atoms with Crippen LogP contribution in [0, 0.1) is 0 Å². The number of hydrogen-bond donors (Lipinski definition) is 2. The molecule has 8 heteroatoms. The molecule has 0 aliphatic carbocycles. The number of benzene rings is 2. The lowest BCUT2D eigenvalue weighted by molar-refractivity contribution is 0.756. The average molecular weight is 497 g/mol. The van der Waals surface area contributed by atoms with E-state index in [1.54, 1.807) is 6.33 Å². The Labute approximate surface area is 181 Å². The number of hydrogen-bond acceptors (Lipinski definition) is 3. The molecular weight excluding hydrogens is 475 g/mol. The first kappa shape index (κ1) is 21.2. The summed E-state index contributed by atoms with van der Waals surface area (Å²) in [5, 5.41) is 15.5. The molecule has 1 heterocycles. The molecule has 1 aromatic heterocycles. The number of halogens is 2. The Kier molecular flexibility index (Phi) is 8.53. The van der Waals surface area contributed by atoms with Crippen LogP contribution in [0.15, 0.2) is 65.9 Å². The second-order valence-electron chi connectivity index (χ2n) is 5.59. The van der Waals surface area contributed by atoms with Crippen molar-refractivity contribution in [1.82, 2.24) is 25.4 Å². The first-order chi connectivity index (χ1) is 12.8. The minimum absolute atomic E-state index is 0. The summed E-state index contributed by atoms with van der Waals surface area (Å²) in [7, 11) is 0. The molecule has 3 rings (SSSR count). The molecule has 27 heavy (non-hydrogen) atoms. The summed E-state index contributed by atoms with van der Waals surface area (Å²) in [5.74, 6) is 1.51. The van der Waals surface area contributed by atoms with Gasteiger partial charge in [0.1, 0.15) is 6.33 Å². The third-order valence-corrected chi connectivity index (χ3v) is 4.14. The SMILES string of the molecule is CCNC(=NCc1ccccc1Cl)NCc1nncn1-c1ccccc1.I. The monoisotopic (exact) mass is 496 g/mol. The highest BCUT2D eigenvalue weighted by molar-refractivity contribution is 14.0. The van der Waals surface area contributed by atoms with E-state index >= 15 is 0 Å². The molecule has 6 nitrogen and oxygen atoms in total. The number of para-hydroxylation sites is 1. The Morgan fingerprint density at radius 3 is 2.56 bits per heavy atom. The summed E-state index contributed by atoms with van der Waals surface area (Å²) < 4.78 is 1.95. The molecule has 0 atom stereocenters. The van der Waals surface area contributed by atoms with Crippen LogP contribution >= 0.6 is 35.6 Å². The Balaban J connectivity index is 0.00000261.